The zero-order valence-electron chi connectivity index (χ0n) is 15.2. The van der Waals surface area contributed by atoms with Gasteiger partial charge in [-0.15, -0.1) is 0 Å². The fourth-order valence-corrected chi connectivity index (χ4v) is 3.69. The van der Waals surface area contributed by atoms with Crippen LogP contribution in [0.1, 0.15) is 41.7 Å². The number of benzene rings is 1. The zero-order chi connectivity index (χ0) is 19.5. The van der Waals surface area contributed by atoms with Crippen LogP contribution < -0.4 is 10.4 Å². The van der Waals surface area contributed by atoms with Crippen molar-refractivity contribution in [2.45, 2.75) is 37.8 Å². The summed E-state index contributed by atoms with van der Waals surface area (Å²) in [5.74, 6) is -0.371. The van der Waals surface area contributed by atoms with Gasteiger partial charge < -0.3 is 5.11 Å². The van der Waals surface area contributed by atoms with Crippen molar-refractivity contribution >= 4 is 17.1 Å². The molecule has 28 heavy (non-hydrogen) atoms. The van der Waals surface area contributed by atoms with Gasteiger partial charge in [-0.2, -0.15) is 10.4 Å². The van der Waals surface area contributed by atoms with Crippen LogP contribution in [0.25, 0.3) is 5.52 Å². The molecular weight excluding hydrogens is 356 g/mol. The van der Waals surface area contributed by atoms with Gasteiger partial charge in [0.05, 0.1) is 35.1 Å². The molecule has 0 spiro atoms. The number of nitrogens with zero attached hydrogens (tertiary/aromatic N) is 5. The number of carbonyl (C=O) groups excluding carboxylic acids is 1. The molecule has 1 aromatic carbocycles. The third-order valence-corrected chi connectivity index (χ3v) is 5.09. The molecule has 4 rings (SSSR count). The number of aliphatic hydroxyl groups is 1. The molecule has 8 heteroatoms. The average Bonchev–Trinajstić information content (AvgIpc) is 3.17. The SMILES string of the molecule is N#Cc1ccccc1N(NC(=O)c1ccc2cncnn12)[C@@H]1CCCC[C@@H]1O. The van der Waals surface area contributed by atoms with Crippen LogP contribution in [-0.4, -0.2) is 37.8 Å². The van der Waals surface area contributed by atoms with Gasteiger partial charge in [0.15, 0.2) is 0 Å². The largest absolute Gasteiger partial charge is 0.391 e. The van der Waals surface area contributed by atoms with Gasteiger partial charge in [0.25, 0.3) is 5.91 Å². The van der Waals surface area contributed by atoms with Crippen molar-refractivity contribution in [3.63, 3.8) is 0 Å². The Bertz CT molecular complexity index is 1040. The highest BCUT2D eigenvalue weighted by molar-refractivity contribution is 5.95. The van der Waals surface area contributed by atoms with E-state index in [0.29, 0.717) is 28.9 Å². The molecule has 1 aliphatic rings. The van der Waals surface area contributed by atoms with E-state index in [2.05, 4.69) is 21.6 Å². The number of carbonyl (C=O) groups is 1. The second-order valence-corrected chi connectivity index (χ2v) is 6.82. The van der Waals surface area contributed by atoms with Crippen molar-refractivity contribution in [1.82, 2.24) is 20.0 Å². The summed E-state index contributed by atoms with van der Waals surface area (Å²) in [6.45, 7) is 0. The number of aromatic nitrogens is 3. The van der Waals surface area contributed by atoms with Crippen LogP contribution in [0, 0.1) is 11.3 Å². The molecule has 2 aromatic heterocycles. The average molecular weight is 376 g/mol. The quantitative estimate of drug-likeness (QED) is 0.675. The van der Waals surface area contributed by atoms with Crippen LogP contribution in [0.15, 0.2) is 48.9 Å². The molecule has 2 heterocycles. The number of nitriles is 1. The topological polar surface area (TPSA) is 107 Å². The number of anilines is 1. The predicted octanol–water partition coefficient (Wildman–Crippen LogP) is 2.06. The van der Waals surface area contributed by atoms with Crippen LogP contribution in [0.4, 0.5) is 5.69 Å². The Morgan fingerprint density at radius 1 is 1.25 bits per heavy atom. The summed E-state index contributed by atoms with van der Waals surface area (Å²) in [7, 11) is 0. The van der Waals surface area contributed by atoms with E-state index in [1.54, 1.807) is 41.5 Å². The molecule has 2 N–H and O–H groups in total. The molecule has 1 fully saturated rings. The Morgan fingerprint density at radius 2 is 2.07 bits per heavy atom. The summed E-state index contributed by atoms with van der Waals surface area (Å²) in [6.07, 6.45) is 5.68. The van der Waals surface area contributed by atoms with E-state index in [4.69, 9.17) is 0 Å². The zero-order valence-corrected chi connectivity index (χ0v) is 15.2. The minimum absolute atomic E-state index is 0.312. The second-order valence-electron chi connectivity index (χ2n) is 6.82. The molecule has 0 bridgehead atoms. The lowest BCUT2D eigenvalue weighted by Gasteiger charge is -2.39. The molecule has 142 valence electrons. The van der Waals surface area contributed by atoms with Crippen LogP contribution in [0.5, 0.6) is 0 Å². The summed E-state index contributed by atoms with van der Waals surface area (Å²) in [5.41, 5.74) is 4.96. The normalized spacial score (nSPS) is 19.1. The lowest BCUT2D eigenvalue weighted by Crippen LogP contribution is -2.55. The van der Waals surface area contributed by atoms with Gasteiger partial charge in [-0.3, -0.25) is 15.2 Å². The van der Waals surface area contributed by atoms with Crippen molar-refractivity contribution in [2.75, 3.05) is 5.01 Å². The van der Waals surface area contributed by atoms with E-state index >= 15 is 0 Å². The van der Waals surface area contributed by atoms with Gasteiger partial charge in [0, 0.05) is 0 Å². The summed E-state index contributed by atoms with van der Waals surface area (Å²) in [6, 6.07) is 12.3. The van der Waals surface area contributed by atoms with Crippen molar-refractivity contribution in [3.8, 4) is 6.07 Å². The third kappa shape index (κ3) is 3.28. The number of amides is 1. The highest BCUT2D eigenvalue weighted by Gasteiger charge is 2.32. The maximum Gasteiger partial charge on any atom is 0.288 e. The third-order valence-electron chi connectivity index (χ3n) is 5.09. The maximum absolute atomic E-state index is 13.1. The lowest BCUT2D eigenvalue weighted by atomic mass is 9.91. The number of para-hydroxylation sites is 1. The number of hydrogen-bond donors (Lipinski definition) is 2. The van der Waals surface area contributed by atoms with E-state index in [0.717, 1.165) is 19.3 Å². The molecular formula is C20H20N6O2. The van der Waals surface area contributed by atoms with E-state index < -0.39 is 6.10 Å². The predicted molar refractivity (Wildman–Crippen MR) is 102 cm³/mol. The fraction of sp³-hybridized carbons (Fsp3) is 0.300. The molecule has 0 unspecified atom stereocenters. The summed E-state index contributed by atoms with van der Waals surface area (Å²) < 4.78 is 1.51. The highest BCUT2D eigenvalue weighted by Crippen LogP contribution is 2.28. The fourth-order valence-electron chi connectivity index (χ4n) is 3.69. The van der Waals surface area contributed by atoms with E-state index in [1.165, 1.54) is 10.8 Å². The standard InChI is InChI=1S/C20H20N6O2/c21-11-14-5-1-2-6-16(14)26(17-7-3-4-8-19(17)27)24-20(28)18-10-9-15-12-22-13-23-25(15)18/h1-2,5-6,9-10,12-13,17,19,27H,3-4,7-8H2,(H,24,28)/t17-,19+/m1/s1. The smallest absolute Gasteiger partial charge is 0.288 e. The van der Waals surface area contributed by atoms with E-state index in [-0.39, 0.29) is 11.9 Å². The van der Waals surface area contributed by atoms with Gasteiger partial charge in [-0.05, 0) is 37.1 Å². The molecule has 1 aliphatic carbocycles. The monoisotopic (exact) mass is 376 g/mol. The Kier molecular flexibility index (Phi) is 4.91. The number of aliphatic hydroxyl groups excluding tert-OH is 1. The first-order chi connectivity index (χ1) is 13.7. The Morgan fingerprint density at radius 3 is 2.89 bits per heavy atom. The Hall–Kier alpha value is -3.44. The van der Waals surface area contributed by atoms with Crippen molar-refractivity contribution < 1.29 is 9.90 Å². The maximum atomic E-state index is 13.1. The first-order valence-corrected chi connectivity index (χ1v) is 9.24. The van der Waals surface area contributed by atoms with Crippen LogP contribution in [-0.2, 0) is 0 Å². The van der Waals surface area contributed by atoms with Gasteiger partial charge >= 0.3 is 0 Å². The molecule has 2 atom stereocenters. The Labute approximate surface area is 162 Å². The first-order valence-electron chi connectivity index (χ1n) is 9.24. The van der Waals surface area contributed by atoms with Crippen molar-refractivity contribution in [3.05, 3.63) is 60.2 Å². The van der Waals surface area contributed by atoms with Gasteiger partial charge in [-0.25, -0.2) is 9.50 Å². The number of hydrogen-bond acceptors (Lipinski definition) is 6. The number of nitrogens with one attached hydrogen (secondary N) is 1. The van der Waals surface area contributed by atoms with Crippen LogP contribution in [0.3, 0.4) is 0 Å². The van der Waals surface area contributed by atoms with E-state index in [1.807, 2.05) is 6.07 Å². The molecule has 1 amide bonds. The van der Waals surface area contributed by atoms with Crippen LogP contribution in [0.2, 0.25) is 0 Å². The minimum atomic E-state index is -0.591. The molecule has 8 nitrogen and oxygen atoms in total. The second kappa shape index (κ2) is 7.66. The minimum Gasteiger partial charge on any atom is -0.391 e. The van der Waals surface area contributed by atoms with Gasteiger partial charge in [0.1, 0.15) is 18.1 Å². The molecule has 0 aliphatic heterocycles. The molecule has 0 radical (unpaired) electrons. The summed E-state index contributed by atoms with van der Waals surface area (Å²) in [5, 5.41) is 25.9. The van der Waals surface area contributed by atoms with Crippen LogP contribution >= 0.6 is 0 Å². The first kappa shape index (κ1) is 17.9. The Balaban J connectivity index is 1.71. The molecule has 1 saturated carbocycles. The highest BCUT2D eigenvalue weighted by atomic mass is 16.3. The summed E-state index contributed by atoms with van der Waals surface area (Å²) >= 11 is 0. The number of rotatable bonds is 4. The van der Waals surface area contributed by atoms with E-state index in [9.17, 15) is 15.2 Å². The molecule has 0 saturated heterocycles. The number of fused-ring (bicyclic) bond motifs is 1. The van der Waals surface area contributed by atoms with Crippen molar-refractivity contribution in [1.29, 1.82) is 5.26 Å². The summed E-state index contributed by atoms with van der Waals surface area (Å²) in [4.78, 5) is 17.0. The number of hydrazine groups is 1. The molecule has 3 aromatic rings. The van der Waals surface area contributed by atoms with Gasteiger partial charge in [0.2, 0.25) is 0 Å². The van der Waals surface area contributed by atoms with Gasteiger partial charge in [-0.1, -0.05) is 25.0 Å². The lowest BCUT2D eigenvalue weighted by molar-refractivity contribution is 0.0843. The van der Waals surface area contributed by atoms with Crippen molar-refractivity contribution in [2.24, 2.45) is 0 Å².